The number of fused-ring (bicyclic) bond motifs is 2. The van der Waals surface area contributed by atoms with Crippen LogP contribution < -0.4 is 0 Å². The fourth-order valence-electron chi connectivity index (χ4n) is 5.06. The number of methoxy groups -OCH3 is 1. The van der Waals surface area contributed by atoms with Gasteiger partial charge in [0.1, 0.15) is 12.2 Å². The van der Waals surface area contributed by atoms with E-state index in [0.717, 1.165) is 32.9 Å². The van der Waals surface area contributed by atoms with Gasteiger partial charge in [-0.1, -0.05) is 90.1 Å². The monoisotopic (exact) mass is 814 g/mol. The maximum Gasteiger partial charge on any atom is 0.315 e. The van der Waals surface area contributed by atoms with Gasteiger partial charge in [0.2, 0.25) is 0 Å². The van der Waals surface area contributed by atoms with Crippen molar-refractivity contribution in [3.05, 3.63) is 83.7 Å². The topological polar surface area (TPSA) is 134 Å². The molecule has 0 aliphatic carbocycles. The third-order valence-corrected chi connectivity index (χ3v) is 20.3. The smallest absolute Gasteiger partial charge is 0.315 e. The summed E-state index contributed by atoms with van der Waals surface area (Å²) in [5, 5.41) is 11.4. The van der Waals surface area contributed by atoms with Crippen molar-refractivity contribution in [3.8, 4) is 0 Å². The lowest BCUT2D eigenvalue weighted by molar-refractivity contribution is -0.148. The van der Waals surface area contributed by atoms with E-state index in [9.17, 15) is 14.7 Å². The quantitative estimate of drug-likeness (QED) is 0.109. The molecule has 57 heavy (non-hydrogen) atoms. The number of esters is 1. The van der Waals surface area contributed by atoms with Gasteiger partial charge in [-0.3, -0.25) is 9.59 Å². The first kappa shape index (κ1) is 47.3. The minimum atomic E-state index is -1.92. The third-order valence-electron chi connectivity index (χ3n) is 11.2. The van der Waals surface area contributed by atoms with Gasteiger partial charge in [0.25, 0.3) is 0 Å². The Morgan fingerprint density at radius 2 is 1.02 bits per heavy atom. The number of nitrogens with zero attached hydrogens (tertiary/aromatic N) is 4. The number of hydrogen-bond donors (Lipinski definition) is 1. The van der Waals surface area contributed by atoms with E-state index >= 15 is 0 Å². The molecular formula is C45H66N4O6Si2. The zero-order valence-electron chi connectivity index (χ0n) is 37.4. The van der Waals surface area contributed by atoms with Gasteiger partial charge < -0.3 is 18.7 Å². The Hall–Kier alpha value is -4.11. The van der Waals surface area contributed by atoms with Crippen LogP contribution in [0.4, 0.5) is 0 Å². The van der Waals surface area contributed by atoms with Gasteiger partial charge >= 0.3 is 11.9 Å². The summed E-state index contributed by atoms with van der Waals surface area (Å²) in [6.45, 7) is 33.2. The molecule has 2 heterocycles. The highest BCUT2D eigenvalue weighted by Crippen LogP contribution is 2.40. The molecular weight excluding hydrogens is 749 g/mol. The second-order valence-corrected chi connectivity index (χ2v) is 28.6. The average molecular weight is 815 g/mol. The van der Waals surface area contributed by atoms with Crippen LogP contribution in [0.25, 0.3) is 34.0 Å². The summed E-state index contributed by atoms with van der Waals surface area (Å²) < 4.78 is 17.7. The molecule has 2 atom stereocenters. The summed E-state index contributed by atoms with van der Waals surface area (Å²) in [6, 6.07) is 11.8. The first-order valence-electron chi connectivity index (χ1n) is 19.6. The van der Waals surface area contributed by atoms with Gasteiger partial charge in [0.15, 0.2) is 28.3 Å². The van der Waals surface area contributed by atoms with Crippen molar-refractivity contribution in [2.75, 3.05) is 7.11 Å². The van der Waals surface area contributed by atoms with Crippen molar-refractivity contribution in [2.24, 2.45) is 10.8 Å². The van der Waals surface area contributed by atoms with Gasteiger partial charge in [-0.15, -0.1) is 0 Å². The zero-order chi connectivity index (χ0) is 43.4. The Kier molecular flexibility index (Phi) is 14.8. The highest BCUT2D eigenvalue weighted by molar-refractivity contribution is 6.74. The van der Waals surface area contributed by atoms with Crippen LogP contribution in [0.2, 0.25) is 36.3 Å². The molecule has 10 nitrogen and oxygen atoms in total. The van der Waals surface area contributed by atoms with Crippen LogP contribution >= 0.6 is 0 Å². The lowest BCUT2D eigenvalue weighted by atomic mass is 9.92. The molecule has 2 unspecified atom stereocenters. The first-order chi connectivity index (χ1) is 26.0. The summed E-state index contributed by atoms with van der Waals surface area (Å²) in [5.74, 6) is 0.240. The molecule has 1 N–H and O–H groups in total. The number of aromatic nitrogens is 4. The second kappa shape index (κ2) is 17.8. The summed E-state index contributed by atoms with van der Waals surface area (Å²) in [6.07, 6.45) is 10.6. The Bertz CT molecular complexity index is 2110. The Labute approximate surface area is 342 Å². The van der Waals surface area contributed by atoms with Crippen LogP contribution in [0.5, 0.6) is 0 Å². The lowest BCUT2D eigenvalue weighted by Gasteiger charge is -2.38. The van der Waals surface area contributed by atoms with Crippen molar-refractivity contribution < 1.29 is 28.3 Å². The van der Waals surface area contributed by atoms with Crippen LogP contribution in [-0.2, 0) is 23.2 Å². The number of hydrogen-bond acceptors (Lipinski definition) is 9. The minimum Gasteiger partial charge on any atom is -0.481 e. The van der Waals surface area contributed by atoms with E-state index < -0.39 is 33.4 Å². The number of carbonyl (C=O) groups excluding carboxylic acids is 1. The van der Waals surface area contributed by atoms with Crippen molar-refractivity contribution in [3.63, 3.8) is 0 Å². The minimum absolute atomic E-state index is 0.118. The van der Waals surface area contributed by atoms with Crippen molar-refractivity contribution in [2.45, 2.75) is 132 Å². The van der Waals surface area contributed by atoms with Crippen LogP contribution in [0, 0.1) is 10.8 Å². The highest BCUT2D eigenvalue weighted by atomic mass is 28.4. The Morgan fingerprint density at radius 3 is 1.35 bits per heavy atom. The fraction of sp³-hybridized carbons (Fsp3) is 0.511. The maximum absolute atomic E-state index is 11.9. The predicted octanol–water partition coefficient (Wildman–Crippen LogP) is 11.8. The largest absolute Gasteiger partial charge is 0.481 e. The van der Waals surface area contributed by atoms with Gasteiger partial charge in [-0.05, 0) is 101 Å². The van der Waals surface area contributed by atoms with Crippen LogP contribution in [0.3, 0.4) is 0 Å². The molecule has 0 saturated heterocycles. The normalized spacial score (nSPS) is 14.5. The molecule has 12 heteroatoms. The lowest BCUT2D eigenvalue weighted by Crippen LogP contribution is -2.41. The SMILES string of the molecule is CC(O[Si](C)(C)C(C)(C)C)c1ncc2ccc(/C=C/C(C)(C)C(=O)O)cc2n1.COC(=O)C(C)(C)/C=C/c1ccc2cnc(C(C)O[Si](C)(C)C(C)(C)C)nc2c1. The molecule has 0 fully saturated rings. The molecule has 4 aromatic rings. The number of rotatable bonds is 12. The van der Waals surface area contributed by atoms with Crippen LogP contribution in [0.15, 0.2) is 60.9 Å². The van der Waals surface area contributed by atoms with Crippen molar-refractivity contribution in [1.82, 2.24) is 19.9 Å². The molecule has 0 saturated carbocycles. The zero-order valence-corrected chi connectivity index (χ0v) is 39.4. The average Bonchev–Trinajstić information content (AvgIpc) is 3.11. The van der Waals surface area contributed by atoms with Gasteiger partial charge in [-0.2, -0.15) is 0 Å². The summed E-state index contributed by atoms with van der Waals surface area (Å²) in [5.41, 5.74) is 1.95. The molecule has 0 aliphatic rings. The number of aliphatic carboxylic acids is 1. The molecule has 0 amide bonds. The number of carbonyl (C=O) groups is 2. The molecule has 310 valence electrons. The fourth-order valence-corrected chi connectivity index (χ4v) is 7.75. The number of carboxylic acids is 1. The summed E-state index contributed by atoms with van der Waals surface area (Å²) in [7, 11) is -2.43. The standard InChI is InChI=1S/C23H34N2O3Si.C22H32N2O3Si/c1-16(28-29(8,9)22(2,3)4)20-24-15-18-11-10-17(14-19(18)25-20)12-13-23(5,6)21(26)27-7;1-15(27-28(7,8)21(2,3)4)19-23-14-17-10-9-16(13-18(17)24-19)11-12-22(5,6)20(25)26/h10-16H,1-9H3;9-15H,1-8H3,(H,25,26)/b13-12+;12-11+. The van der Waals surface area contributed by atoms with Crippen molar-refractivity contribution in [1.29, 1.82) is 0 Å². The molecule has 2 aromatic heterocycles. The maximum atomic E-state index is 11.9. The highest BCUT2D eigenvalue weighted by Gasteiger charge is 2.40. The van der Waals surface area contributed by atoms with Gasteiger partial charge in [0.05, 0.1) is 29.0 Å². The molecule has 0 spiro atoms. The first-order valence-corrected chi connectivity index (χ1v) is 25.4. The van der Waals surface area contributed by atoms with E-state index in [-0.39, 0.29) is 28.3 Å². The van der Waals surface area contributed by atoms with Crippen LogP contribution in [-0.4, -0.2) is 60.7 Å². The Morgan fingerprint density at radius 1 is 0.649 bits per heavy atom. The van der Waals surface area contributed by atoms with Gasteiger partial charge in [-0.25, -0.2) is 19.9 Å². The van der Waals surface area contributed by atoms with Gasteiger partial charge in [0, 0.05) is 23.2 Å². The van der Waals surface area contributed by atoms with Crippen molar-refractivity contribution >= 4 is 62.5 Å². The Balaban J connectivity index is 0.000000306. The van der Waals surface area contributed by atoms with E-state index in [1.54, 1.807) is 19.9 Å². The number of ether oxygens (including phenoxy) is 1. The molecule has 4 rings (SSSR count). The predicted molar refractivity (Wildman–Crippen MR) is 238 cm³/mol. The second-order valence-electron chi connectivity index (χ2n) is 19.0. The van der Waals surface area contributed by atoms with E-state index in [0.29, 0.717) is 11.6 Å². The van der Waals surface area contributed by atoms with E-state index in [4.69, 9.17) is 23.6 Å². The molecule has 0 bridgehead atoms. The van der Waals surface area contributed by atoms with E-state index in [2.05, 4.69) is 77.7 Å². The van der Waals surface area contributed by atoms with E-state index in [1.807, 2.05) is 94.7 Å². The summed E-state index contributed by atoms with van der Waals surface area (Å²) in [4.78, 5) is 41.6. The summed E-state index contributed by atoms with van der Waals surface area (Å²) >= 11 is 0. The molecule has 0 radical (unpaired) electrons. The molecule has 0 aliphatic heterocycles. The van der Waals surface area contributed by atoms with Crippen LogP contribution in [0.1, 0.15) is 118 Å². The molecule has 2 aromatic carbocycles. The number of carboxylic acid groups (broad SMARTS) is 1. The number of benzene rings is 2. The third kappa shape index (κ3) is 12.4. The van der Waals surface area contributed by atoms with E-state index in [1.165, 1.54) is 7.11 Å².